The molecule has 2 aromatic heterocycles. The molecule has 0 radical (unpaired) electrons. The number of hydrogen-bond donors (Lipinski definition) is 1. The average molecular weight is 398 g/mol. The third-order valence-corrected chi connectivity index (χ3v) is 5.76. The largest absolute Gasteiger partial charge is 0.507 e. The first-order valence-corrected chi connectivity index (χ1v) is 8.94. The van der Waals surface area contributed by atoms with E-state index in [2.05, 4.69) is 15.9 Å². The van der Waals surface area contributed by atoms with E-state index in [1.807, 2.05) is 0 Å². The highest BCUT2D eigenvalue weighted by molar-refractivity contribution is 9.10. The Balaban J connectivity index is 2.15. The second-order valence-electron chi connectivity index (χ2n) is 4.80. The minimum atomic E-state index is -3.90. The molecule has 0 atom stereocenters. The van der Waals surface area contributed by atoms with Gasteiger partial charge in [0, 0.05) is 4.47 Å². The number of fused-ring (bicyclic) bond motifs is 2. The Morgan fingerprint density at radius 1 is 1.26 bits per heavy atom. The van der Waals surface area contributed by atoms with Gasteiger partial charge in [-0.2, -0.15) is 0 Å². The van der Waals surface area contributed by atoms with Gasteiger partial charge in [-0.15, -0.1) is 0 Å². The van der Waals surface area contributed by atoms with E-state index >= 15 is 0 Å². The van der Waals surface area contributed by atoms with E-state index in [4.69, 9.17) is 4.74 Å². The molecule has 120 valence electrons. The number of hydrogen-bond acceptors (Lipinski definition) is 5. The average Bonchev–Trinajstić information content (AvgIpc) is 3.05. The Hall–Kier alpha value is -2.06. The van der Waals surface area contributed by atoms with E-state index in [9.17, 15) is 18.3 Å². The van der Waals surface area contributed by atoms with Gasteiger partial charge in [-0.05, 0) is 59.3 Å². The number of ether oxygens (including phenoxy) is 1. The molecule has 8 heteroatoms. The molecule has 2 heterocycles. The second-order valence-corrected chi connectivity index (χ2v) is 7.45. The molecule has 1 aromatic carbocycles. The minimum Gasteiger partial charge on any atom is -0.507 e. The lowest BCUT2D eigenvalue weighted by molar-refractivity contribution is 0.0523. The number of halogens is 1. The Labute approximate surface area is 140 Å². The number of phenolic OH excluding ortho intramolecular Hbond substituents is 1. The zero-order valence-corrected chi connectivity index (χ0v) is 14.4. The molecule has 0 aliphatic rings. The summed E-state index contributed by atoms with van der Waals surface area (Å²) in [6, 6.07) is 8.60. The van der Waals surface area contributed by atoms with E-state index in [1.54, 1.807) is 25.1 Å². The molecule has 0 fully saturated rings. The smallest absolute Gasteiger partial charge is 0.341 e. The van der Waals surface area contributed by atoms with Crippen molar-refractivity contribution in [3.63, 3.8) is 0 Å². The Kier molecular flexibility index (Phi) is 3.81. The standard InChI is InChI=1S/C15H12BrNO5S/c1-2-22-15(19)11-8-10(4-6-14(11)18)23(20,21)17-9-3-5-13(17)12(16)7-9/h3-8,18H,2H2,1H3. The summed E-state index contributed by atoms with van der Waals surface area (Å²) in [5.41, 5.74) is 0.831. The van der Waals surface area contributed by atoms with Gasteiger partial charge < -0.3 is 9.84 Å². The van der Waals surface area contributed by atoms with E-state index in [0.717, 1.165) is 6.07 Å². The third kappa shape index (κ3) is 2.47. The van der Waals surface area contributed by atoms with Gasteiger partial charge in [0.1, 0.15) is 11.3 Å². The first kappa shape index (κ1) is 15.8. The van der Waals surface area contributed by atoms with Crippen LogP contribution >= 0.6 is 15.9 Å². The van der Waals surface area contributed by atoms with Crippen LogP contribution in [-0.4, -0.2) is 30.1 Å². The molecule has 23 heavy (non-hydrogen) atoms. The lowest BCUT2D eigenvalue weighted by Crippen LogP contribution is -2.13. The summed E-state index contributed by atoms with van der Waals surface area (Å²) >= 11 is 3.30. The zero-order chi connectivity index (χ0) is 16.8. The van der Waals surface area contributed by atoms with Gasteiger partial charge in [-0.25, -0.2) is 17.2 Å². The summed E-state index contributed by atoms with van der Waals surface area (Å²) in [6.07, 6.45) is 0. The highest BCUT2D eigenvalue weighted by Crippen LogP contribution is 2.32. The van der Waals surface area contributed by atoms with Crippen LogP contribution in [0.3, 0.4) is 0 Å². The molecule has 3 aromatic rings. The number of benzene rings is 2. The molecule has 1 N–H and O–H groups in total. The number of rotatable bonds is 4. The normalized spacial score (nSPS) is 11.9. The first-order valence-electron chi connectivity index (χ1n) is 6.71. The van der Waals surface area contributed by atoms with Crippen LogP contribution in [0.5, 0.6) is 5.75 Å². The molecular formula is C15H12BrNO5S. The topological polar surface area (TPSA) is 85.6 Å². The number of esters is 1. The molecule has 0 aliphatic heterocycles. The predicted octanol–water partition coefficient (Wildman–Crippen LogP) is 2.96. The molecule has 0 aliphatic carbocycles. The quantitative estimate of drug-likeness (QED) is 0.683. The highest BCUT2D eigenvalue weighted by atomic mass is 79.9. The van der Waals surface area contributed by atoms with Crippen molar-refractivity contribution in [3.05, 3.63) is 46.4 Å². The van der Waals surface area contributed by atoms with Crippen LogP contribution in [0, 0.1) is 0 Å². The van der Waals surface area contributed by atoms with Crippen molar-refractivity contribution in [3.8, 4) is 5.75 Å². The van der Waals surface area contributed by atoms with E-state index in [-0.39, 0.29) is 22.8 Å². The molecule has 0 saturated carbocycles. The SMILES string of the molecule is CCOC(=O)c1cc(S(=O)(=O)n2c3ccc2c(Br)c3)ccc1O. The summed E-state index contributed by atoms with van der Waals surface area (Å²) in [7, 11) is -3.90. The Bertz CT molecular complexity index is 993. The van der Waals surface area contributed by atoms with Crippen molar-refractivity contribution in [2.24, 2.45) is 0 Å². The molecule has 0 saturated heterocycles. The summed E-state index contributed by atoms with van der Waals surface area (Å²) in [5, 5.41) is 9.77. The van der Waals surface area contributed by atoms with E-state index in [0.29, 0.717) is 15.5 Å². The Morgan fingerprint density at radius 2 is 2.00 bits per heavy atom. The van der Waals surface area contributed by atoms with Crippen LogP contribution in [0.2, 0.25) is 0 Å². The number of carbonyl (C=O) groups is 1. The van der Waals surface area contributed by atoms with Crippen molar-refractivity contribution in [1.29, 1.82) is 0 Å². The molecule has 0 spiro atoms. The number of phenols is 1. The fraction of sp³-hybridized carbons (Fsp3) is 0.133. The molecule has 0 unspecified atom stereocenters. The lowest BCUT2D eigenvalue weighted by Gasteiger charge is -2.10. The third-order valence-electron chi connectivity index (χ3n) is 3.39. The van der Waals surface area contributed by atoms with E-state index < -0.39 is 16.0 Å². The zero-order valence-electron chi connectivity index (χ0n) is 12.0. The lowest BCUT2D eigenvalue weighted by atomic mass is 10.2. The fourth-order valence-electron chi connectivity index (χ4n) is 2.35. The maximum absolute atomic E-state index is 12.8. The Morgan fingerprint density at radius 3 is 2.57 bits per heavy atom. The first-order chi connectivity index (χ1) is 10.9. The fourth-order valence-corrected chi connectivity index (χ4v) is 4.54. The summed E-state index contributed by atoms with van der Waals surface area (Å²) in [6.45, 7) is 1.75. The van der Waals surface area contributed by atoms with Crippen LogP contribution in [0.25, 0.3) is 11.0 Å². The van der Waals surface area contributed by atoms with Gasteiger partial charge >= 0.3 is 5.97 Å². The molecule has 3 rings (SSSR count). The maximum atomic E-state index is 12.8. The summed E-state index contributed by atoms with van der Waals surface area (Å²) in [5.74, 6) is -1.10. The van der Waals surface area contributed by atoms with Gasteiger partial charge in [-0.3, -0.25) is 0 Å². The van der Waals surface area contributed by atoms with Crippen LogP contribution in [0.4, 0.5) is 0 Å². The van der Waals surface area contributed by atoms with Gasteiger partial charge in [0.15, 0.2) is 0 Å². The van der Waals surface area contributed by atoms with Gasteiger partial charge in [-0.1, -0.05) is 0 Å². The number of aromatic hydroxyl groups is 1. The van der Waals surface area contributed by atoms with Gasteiger partial charge in [0.2, 0.25) is 0 Å². The number of aromatic nitrogens is 1. The van der Waals surface area contributed by atoms with Crippen LogP contribution in [0.1, 0.15) is 17.3 Å². The monoisotopic (exact) mass is 397 g/mol. The summed E-state index contributed by atoms with van der Waals surface area (Å²) < 4.78 is 32.4. The number of nitrogens with zero attached hydrogens (tertiary/aromatic N) is 1. The second kappa shape index (κ2) is 5.54. The van der Waals surface area contributed by atoms with Gasteiger partial charge in [0.25, 0.3) is 10.0 Å². The molecule has 0 amide bonds. The van der Waals surface area contributed by atoms with Gasteiger partial charge in [0.05, 0.1) is 22.5 Å². The highest BCUT2D eigenvalue weighted by Gasteiger charge is 2.25. The molecular weight excluding hydrogens is 386 g/mol. The van der Waals surface area contributed by atoms with Crippen LogP contribution < -0.4 is 0 Å². The minimum absolute atomic E-state index is 0.104. The van der Waals surface area contributed by atoms with E-state index in [1.165, 1.54) is 16.1 Å². The maximum Gasteiger partial charge on any atom is 0.341 e. The van der Waals surface area contributed by atoms with Crippen LogP contribution in [-0.2, 0) is 14.8 Å². The van der Waals surface area contributed by atoms with Crippen molar-refractivity contribution in [2.75, 3.05) is 6.61 Å². The molecule has 2 bridgehead atoms. The predicted molar refractivity (Wildman–Crippen MR) is 87.5 cm³/mol. The summed E-state index contributed by atoms with van der Waals surface area (Å²) in [4.78, 5) is 11.7. The van der Waals surface area contributed by atoms with Crippen LogP contribution in [0.15, 0.2) is 45.8 Å². The number of carbonyl (C=O) groups excluding carboxylic acids is 1. The van der Waals surface area contributed by atoms with Crippen molar-refractivity contribution < 1.29 is 23.1 Å². The molecule has 6 nitrogen and oxygen atoms in total. The van der Waals surface area contributed by atoms with Crippen molar-refractivity contribution in [1.82, 2.24) is 3.97 Å². The van der Waals surface area contributed by atoms with Crippen molar-refractivity contribution in [2.45, 2.75) is 11.8 Å². The van der Waals surface area contributed by atoms with Crippen molar-refractivity contribution >= 4 is 43.0 Å².